The summed E-state index contributed by atoms with van der Waals surface area (Å²) in [5, 5.41) is 0. The second-order valence-corrected chi connectivity index (χ2v) is 2.63. The van der Waals surface area contributed by atoms with E-state index >= 15 is 0 Å². The van der Waals surface area contributed by atoms with Gasteiger partial charge in [-0.15, -0.1) is 0 Å². The van der Waals surface area contributed by atoms with E-state index < -0.39 is 30.0 Å². The average Bonchev–Trinajstić information content (AvgIpc) is 2.24. The second-order valence-electron chi connectivity index (χ2n) is 2.63. The monoisotopic (exact) mass is 232 g/mol. The molecule has 0 saturated carbocycles. The van der Waals surface area contributed by atoms with E-state index in [0.29, 0.717) is 10.8 Å². The fraction of sp³-hybridized carbons (Fsp3) is 0.375. The third-order valence-corrected chi connectivity index (χ3v) is 1.59. The summed E-state index contributed by atoms with van der Waals surface area (Å²) in [6, 6.07) is 0. The molecule has 0 unspecified atom stereocenters. The van der Waals surface area contributed by atoms with Crippen molar-refractivity contribution in [2.75, 3.05) is 6.61 Å². The third-order valence-electron chi connectivity index (χ3n) is 1.59. The maximum absolute atomic E-state index is 12.8. The maximum atomic E-state index is 12.8. The van der Waals surface area contributed by atoms with Crippen LogP contribution in [0.5, 0.6) is 0 Å². The molecule has 8 heteroatoms. The Morgan fingerprint density at radius 2 is 2.19 bits per heavy atom. The Balaban J connectivity index is 2.82. The number of halogens is 1. The highest BCUT2D eigenvalue weighted by atomic mass is 19.1. The molecule has 0 radical (unpaired) electrons. The number of rotatable bonds is 3. The number of carbonyl (C=O) groups is 1. The lowest BCUT2D eigenvalue weighted by Crippen LogP contribution is -2.37. The minimum atomic E-state index is -1.17. The molecular weight excluding hydrogens is 223 g/mol. The van der Waals surface area contributed by atoms with Gasteiger partial charge in [0.1, 0.15) is 0 Å². The molecule has 0 aliphatic rings. The van der Waals surface area contributed by atoms with Gasteiger partial charge in [0.05, 0.1) is 6.61 Å². The zero-order valence-electron chi connectivity index (χ0n) is 8.36. The molecule has 7 nitrogen and oxygen atoms in total. The van der Waals surface area contributed by atoms with Gasteiger partial charge < -0.3 is 14.5 Å². The van der Waals surface area contributed by atoms with E-state index in [1.54, 1.807) is 6.92 Å². The largest absolute Gasteiger partial charge is 0.510 e. The number of hydrogen-bond acceptors (Lipinski definition) is 5. The molecule has 88 valence electrons. The van der Waals surface area contributed by atoms with Gasteiger partial charge in [-0.2, -0.15) is 4.39 Å². The van der Waals surface area contributed by atoms with Crippen LogP contribution in [-0.2, 0) is 16.2 Å². The summed E-state index contributed by atoms with van der Waals surface area (Å²) in [5.41, 5.74) is -2.05. The van der Waals surface area contributed by atoms with Crippen molar-refractivity contribution in [1.29, 1.82) is 0 Å². The number of ether oxygens (including phenoxy) is 2. The molecule has 0 aliphatic heterocycles. The van der Waals surface area contributed by atoms with Gasteiger partial charge in [-0.05, 0) is 6.92 Å². The van der Waals surface area contributed by atoms with Crippen molar-refractivity contribution in [3.63, 3.8) is 0 Å². The second kappa shape index (κ2) is 5.10. The number of carbonyl (C=O) groups excluding carboxylic acids is 1. The Labute approximate surface area is 88.4 Å². The molecule has 0 aliphatic carbocycles. The summed E-state index contributed by atoms with van der Waals surface area (Å²) < 4.78 is 21.9. The third kappa shape index (κ3) is 2.69. The lowest BCUT2D eigenvalue weighted by atomic mass is 10.6. The zero-order chi connectivity index (χ0) is 12.1. The molecule has 1 heterocycles. The first-order valence-corrected chi connectivity index (χ1v) is 4.33. The molecule has 0 fully saturated rings. The number of hydrogen-bond donors (Lipinski definition) is 1. The Bertz CT molecular complexity index is 492. The van der Waals surface area contributed by atoms with Crippen LogP contribution in [0.4, 0.5) is 9.18 Å². The van der Waals surface area contributed by atoms with Crippen molar-refractivity contribution in [3.05, 3.63) is 32.9 Å². The smallest absolute Gasteiger partial charge is 0.435 e. The number of nitrogens with zero attached hydrogens (tertiary/aromatic N) is 1. The van der Waals surface area contributed by atoms with E-state index in [0.717, 1.165) is 0 Å². The number of H-pyrrole nitrogens is 1. The Morgan fingerprint density at radius 1 is 1.50 bits per heavy atom. The van der Waals surface area contributed by atoms with Gasteiger partial charge in [0.15, 0.2) is 6.73 Å². The van der Waals surface area contributed by atoms with Crippen molar-refractivity contribution in [3.8, 4) is 0 Å². The maximum Gasteiger partial charge on any atom is 0.510 e. The summed E-state index contributed by atoms with van der Waals surface area (Å²) in [5.74, 6) is -1.15. The highest BCUT2D eigenvalue weighted by Gasteiger charge is 2.09. The van der Waals surface area contributed by atoms with Crippen LogP contribution < -0.4 is 11.2 Å². The van der Waals surface area contributed by atoms with Crippen LogP contribution in [0.15, 0.2) is 15.8 Å². The van der Waals surface area contributed by atoms with E-state index in [1.165, 1.54) is 0 Å². The standard InChI is InChI=1S/C8H9FN2O5/c1-2-15-8(14)16-4-11-6(12)5(9)3-10-7(11)13/h3H,2,4H2,1H3,(H,10,13). The minimum Gasteiger partial charge on any atom is -0.435 e. The summed E-state index contributed by atoms with van der Waals surface area (Å²) in [6.07, 6.45) is -0.413. The number of aromatic nitrogens is 2. The first kappa shape index (κ1) is 12.0. The van der Waals surface area contributed by atoms with Crippen molar-refractivity contribution in [2.45, 2.75) is 13.7 Å². The highest BCUT2D eigenvalue weighted by Crippen LogP contribution is 1.87. The molecule has 16 heavy (non-hydrogen) atoms. The van der Waals surface area contributed by atoms with Gasteiger partial charge >= 0.3 is 11.8 Å². The predicted octanol–water partition coefficient (Wildman–Crippen LogP) is -0.194. The molecular formula is C8H9FN2O5. The van der Waals surface area contributed by atoms with E-state index in [-0.39, 0.29) is 6.61 Å². The van der Waals surface area contributed by atoms with Gasteiger partial charge in [0, 0.05) is 6.20 Å². The van der Waals surface area contributed by atoms with Gasteiger partial charge in [0.25, 0.3) is 5.56 Å². The Morgan fingerprint density at radius 3 is 2.81 bits per heavy atom. The molecule has 0 spiro atoms. The van der Waals surface area contributed by atoms with Crippen LogP contribution in [-0.4, -0.2) is 22.3 Å². The molecule has 0 saturated heterocycles. The van der Waals surface area contributed by atoms with Crippen LogP contribution in [0.2, 0.25) is 0 Å². The summed E-state index contributed by atoms with van der Waals surface area (Å²) in [6.45, 7) is 0.945. The van der Waals surface area contributed by atoms with E-state index in [1.807, 2.05) is 4.98 Å². The van der Waals surface area contributed by atoms with Crippen LogP contribution in [0.1, 0.15) is 6.92 Å². The van der Waals surface area contributed by atoms with Gasteiger partial charge in [-0.3, -0.25) is 4.79 Å². The van der Waals surface area contributed by atoms with Crippen molar-refractivity contribution < 1.29 is 18.7 Å². The molecule has 0 amide bonds. The molecule has 1 N–H and O–H groups in total. The molecule has 0 atom stereocenters. The molecule has 1 aromatic rings. The molecule has 1 rings (SSSR count). The summed E-state index contributed by atoms with van der Waals surface area (Å²) >= 11 is 0. The Kier molecular flexibility index (Phi) is 3.81. The van der Waals surface area contributed by atoms with Crippen LogP contribution in [0, 0.1) is 5.82 Å². The van der Waals surface area contributed by atoms with E-state index in [9.17, 15) is 18.8 Å². The van der Waals surface area contributed by atoms with Gasteiger partial charge in [-0.1, -0.05) is 0 Å². The number of nitrogens with one attached hydrogen (secondary N) is 1. The topological polar surface area (TPSA) is 90.4 Å². The average molecular weight is 232 g/mol. The fourth-order valence-corrected chi connectivity index (χ4v) is 0.880. The summed E-state index contributed by atoms with van der Waals surface area (Å²) in [4.78, 5) is 34.9. The number of aromatic amines is 1. The molecule has 0 bridgehead atoms. The van der Waals surface area contributed by atoms with Gasteiger partial charge in [0.2, 0.25) is 5.82 Å². The van der Waals surface area contributed by atoms with Crippen LogP contribution in [0.25, 0.3) is 0 Å². The van der Waals surface area contributed by atoms with Crippen molar-refractivity contribution in [1.82, 2.24) is 9.55 Å². The van der Waals surface area contributed by atoms with Crippen LogP contribution >= 0.6 is 0 Å². The van der Waals surface area contributed by atoms with Crippen molar-refractivity contribution >= 4 is 6.16 Å². The quantitative estimate of drug-likeness (QED) is 0.729. The highest BCUT2D eigenvalue weighted by molar-refractivity contribution is 5.59. The van der Waals surface area contributed by atoms with E-state index in [4.69, 9.17) is 0 Å². The normalized spacial score (nSPS) is 9.88. The molecule has 0 aromatic carbocycles. The lowest BCUT2D eigenvalue weighted by molar-refractivity contribution is 0.0344. The van der Waals surface area contributed by atoms with Crippen LogP contribution in [0.3, 0.4) is 0 Å². The minimum absolute atomic E-state index is 0.0905. The summed E-state index contributed by atoms with van der Waals surface area (Å²) in [7, 11) is 0. The van der Waals surface area contributed by atoms with Crippen molar-refractivity contribution in [2.24, 2.45) is 0 Å². The first-order valence-electron chi connectivity index (χ1n) is 4.33. The Hall–Kier alpha value is -2.12. The molecule has 1 aromatic heterocycles. The predicted molar refractivity (Wildman–Crippen MR) is 49.4 cm³/mol. The van der Waals surface area contributed by atoms with E-state index in [2.05, 4.69) is 9.47 Å². The zero-order valence-corrected chi connectivity index (χ0v) is 8.36. The SMILES string of the molecule is CCOC(=O)OCn1c(=O)[nH]cc(F)c1=O. The first-order chi connectivity index (χ1) is 7.56. The lowest BCUT2D eigenvalue weighted by Gasteiger charge is -2.05. The fourth-order valence-electron chi connectivity index (χ4n) is 0.880. The van der Waals surface area contributed by atoms with Gasteiger partial charge in [-0.25, -0.2) is 14.2 Å².